The molecule has 0 aliphatic carbocycles. The van der Waals surface area contributed by atoms with Crippen molar-refractivity contribution in [2.24, 2.45) is 0 Å². The molecule has 0 rings (SSSR count). The zero-order chi connectivity index (χ0) is 9.94. The van der Waals surface area contributed by atoms with E-state index in [9.17, 15) is 0 Å². The van der Waals surface area contributed by atoms with Gasteiger partial charge in [-0.25, -0.2) is 0 Å². The van der Waals surface area contributed by atoms with E-state index in [1.807, 2.05) is 0 Å². The molecule has 0 saturated heterocycles. The summed E-state index contributed by atoms with van der Waals surface area (Å²) in [5, 5.41) is 0. The molecule has 0 aromatic carbocycles. The molecule has 0 fully saturated rings. The molecule has 0 aromatic heterocycles. The van der Waals surface area contributed by atoms with Crippen LogP contribution in [0.1, 0.15) is 52.4 Å². The first kappa shape index (κ1) is 12.9. The standard InChI is InChI=1S/C11H24OSi/c1-3-7-11(8-4-2)9-5-6-10-12-13/h9H,3-8,10H2,1-2,13H3. The van der Waals surface area contributed by atoms with Gasteiger partial charge in [-0.15, -0.1) is 0 Å². The number of rotatable bonds is 8. The van der Waals surface area contributed by atoms with Gasteiger partial charge in [0.05, 0.1) is 0 Å². The molecule has 0 bridgehead atoms. The fourth-order valence-corrected chi connectivity index (χ4v) is 1.79. The van der Waals surface area contributed by atoms with Crippen LogP contribution >= 0.6 is 0 Å². The Labute approximate surface area is 86.1 Å². The summed E-state index contributed by atoms with van der Waals surface area (Å²) >= 11 is 0. The van der Waals surface area contributed by atoms with Crippen LogP contribution in [-0.2, 0) is 4.43 Å². The summed E-state index contributed by atoms with van der Waals surface area (Å²) in [7, 11) is 0.885. The van der Waals surface area contributed by atoms with Gasteiger partial charge in [-0.05, 0) is 25.7 Å². The van der Waals surface area contributed by atoms with E-state index < -0.39 is 0 Å². The van der Waals surface area contributed by atoms with Crippen LogP contribution in [0.25, 0.3) is 0 Å². The van der Waals surface area contributed by atoms with Crippen molar-refractivity contribution in [1.29, 1.82) is 0 Å². The fraction of sp³-hybridized carbons (Fsp3) is 0.818. The molecule has 13 heavy (non-hydrogen) atoms. The Morgan fingerprint density at radius 1 is 1.23 bits per heavy atom. The zero-order valence-corrected chi connectivity index (χ0v) is 11.4. The number of hydrogen-bond donors (Lipinski definition) is 0. The quantitative estimate of drug-likeness (QED) is 0.332. The normalized spacial score (nSPS) is 10.3. The highest BCUT2D eigenvalue weighted by atomic mass is 28.2. The van der Waals surface area contributed by atoms with Gasteiger partial charge >= 0.3 is 0 Å². The number of allylic oxidation sites excluding steroid dienone is 2. The lowest BCUT2D eigenvalue weighted by atomic mass is 10.0. The van der Waals surface area contributed by atoms with E-state index in [0.717, 1.165) is 17.1 Å². The van der Waals surface area contributed by atoms with Gasteiger partial charge in [0.15, 0.2) is 0 Å². The van der Waals surface area contributed by atoms with Crippen LogP contribution in [0.15, 0.2) is 11.6 Å². The summed E-state index contributed by atoms with van der Waals surface area (Å²) < 4.78 is 5.15. The molecule has 0 aliphatic rings. The maximum atomic E-state index is 5.15. The summed E-state index contributed by atoms with van der Waals surface area (Å²) in [6.07, 6.45) is 9.96. The lowest BCUT2D eigenvalue weighted by Crippen LogP contribution is -1.89. The van der Waals surface area contributed by atoms with Gasteiger partial charge in [-0.3, -0.25) is 0 Å². The minimum Gasteiger partial charge on any atom is -0.428 e. The highest BCUT2D eigenvalue weighted by molar-refractivity contribution is 5.97. The predicted molar refractivity (Wildman–Crippen MR) is 63.0 cm³/mol. The average Bonchev–Trinajstić information content (AvgIpc) is 2.13. The highest BCUT2D eigenvalue weighted by Crippen LogP contribution is 2.13. The molecule has 2 heteroatoms. The molecule has 0 atom stereocenters. The molecule has 0 aliphatic heterocycles. The Bertz CT molecular complexity index is 124. The maximum absolute atomic E-state index is 5.15. The van der Waals surface area contributed by atoms with Crippen molar-refractivity contribution in [2.75, 3.05) is 6.61 Å². The van der Waals surface area contributed by atoms with Crippen molar-refractivity contribution in [3.8, 4) is 0 Å². The maximum Gasteiger partial charge on any atom is 0.145 e. The van der Waals surface area contributed by atoms with Gasteiger partial charge in [-0.1, -0.05) is 38.3 Å². The Morgan fingerprint density at radius 3 is 2.31 bits per heavy atom. The molecule has 0 N–H and O–H groups in total. The van der Waals surface area contributed by atoms with E-state index in [0.29, 0.717) is 0 Å². The van der Waals surface area contributed by atoms with Gasteiger partial charge in [0.2, 0.25) is 0 Å². The van der Waals surface area contributed by atoms with Crippen molar-refractivity contribution in [2.45, 2.75) is 52.4 Å². The van der Waals surface area contributed by atoms with Crippen LogP contribution in [-0.4, -0.2) is 17.1 Å². The molecule has 1 nitrogen and oxygen atoms in total. The van der Waals surface area contributed by atoms with Gasteiger partial charge in [-0.2, -0.15) is 0 Å². The minimum absolute atomic E-state index is 0.885. The second-order valence-electron chi connectivity index (χ2n) is 3.50. The third kappa shape index (κ3) is 8.25. The molecule has 78 valence electrons. The molecule has 0 heterocycles. The van der Waals surface area contributed by atoms with E-state index in [1.165, 1.54) is 38.5 Å². The van der Waals surface area contributed by atoms with Crippen molar-refractivity contribution in [3.63, 3.8) is 0 Å². The molecule has 0 saturated carbocycles. The van der Waals surface area contributed by atoms with E-state index >= 15 is 0 Å². The molecule has 0 spiro atoms. The monoisotopic (exact) mass is 200 g/mol. The van der Waals surface area contributed by atoms with Crippen molar-refractivity contribution in [3.05, 3.63) is 11.6 Å². The predicted octanol–water partition coefficient (Wildman–Crippen LogP) is 2.59. The van der Waals surface area contributed by atoms with Crippen molar-refractivity contribution < 1.29 is 4.43 Å². The van der Waals surface area contributed by atoms with Gasteiger partial charge in [0, 0.05) is 6.61 Å². The fourth-order valence-electron chi connectivity index (χ4n) is 1.51. The molecular weight excluding hydrogens is 176 g/mol. The van der Waals surface area contributed by atoms with E-state index in [4.69, 9.17) is 4.43 Å². The summed E-state index contributed by atoms with van der Waals surface area (Å²) in [6, 6.07) is 0. The van der Waals surface area contributed by atoms with Crippen LogP contribution in [0, 0.1) is 0 Å². The van der Waals surface area contributed by atoms with Crippen molar-refractivity contribution in [1.82, 2.24) is 0 Å². The highest BCUT2D eigenvalue weighted by Gasteiger charge is 1.93. The average molecular weight is 200 g/mol. The van der Waals surface area contributed by atoms with Crippen LogP contribution in [0.3, 0.4) is 0 Å². The SMILES string of the molecule is CCCC(=CCCCO[SiH3])CCC. The Morgan fingerprint density at radius 2 is 1.85 bits per heavy atom. The number of unbranched alkanes of at least 4 members (excludes halogenated alkanes) is 1. The topological polar surface area (TPSA) is 9.23 Å². The lowest BCUT2D eigenvalue weighted by molar-refractivity contribution is 0.342. The second kappa shape index (κ2) is 10.0. The largest absolute Gasteiger partial charge is 0.428 e. The van der Waals surface area contributed by atoms with E-state index in [1.54, 1.807) is 5.57 Å². The zero-order valence-electron chi connectivity index (χ0n) is 9.44. The summed E-state index contributed by atoms with van der Waals surface area (Å²) in [5.41, 5.74) is 1.65. The van der Waals surface area contributed by atoms with E-state index in [2.05, 4.69) is 19.9 Å². The first-order valence-corrected chi connectivity index (χ1v) is 6.33. The summed E-state index contributed by atoms with van der Waals surface area (Å²) in [5.74, 6) is 0. The molecule has 0 unspecified atom stereocenters. The lowest BCUT2D eigenvalue weighted by Gasteiger charge is -2.04. The van der Waals surface area contributed by atoms with Crippen LogP contribution in [0.5, 0.6) is 0 Å². The summed E-state index contributed by atoms with van der Waals surface area (Å²) in [4.78, 5) is 0. The van der Waals surface area contributed by atoms with E-state index in [-0.39, 0.29) is 0 Å². The first-order chi connectivity index (χ1) is 6.35. The van der Waals surface area contributed by atoms with Crippen LogP contribution in [0.4, 0.5) is 0 Å². The number of hydrogen-bond acceptors (Lipinski definition) is 1. The molecule has 0 amide bonds. The van der Waals surface area contributed by atoms with Gasteiger partial charge in [0.25, 0.3) is 0 Å². The van der Waals surface area contributed by atoms with Crippen molar-refractivity contribution >= 4 is 10.5 Å². The third-order valence-corrected chi connectivity index (χ3v) is 2.54. The molecule has 0 aromatic rings. The Balaban J connectivity index is 3.61. The first-order valence-electron chi connectivity index (χ1n) is 5.52. The smallest absolute Gasteiger partial charge is 0.145 e. The Hall–Kier alpha value is -0.0831. The Kier molecular flexibility index (Phi) is 9.94. The molecular formula is C11H24OSi. The molecule has 0 radical (unpaired) electrons. The second-order valence-corrected chi connectivity index (χ2v) is 4.07. The van der Waals surface area contributed by atoms with Crippen LogP contribution < -0.4 is 0 Å². The third-order valence-electron chi connectivity index (χ3n) is 2.13. The minimum atomic E-state index is 0.885. The summed E-state index contributed by atoms with van der Waals surface area (Å²) in [6.45, 7) is 5.46. The van der Waals surface area contributed by atoms with Gasteiger partial charge in [0.1, 0.15) is 10.5 Å². The van der Waals surface area contributed by atoms with Gasteiger partial charge < -0.3 is 4.43 Å². The van der Waals surface area contributed by atoms with Crippen LogP contribution in [0.2, 0.25) is 0 Å².